The summed E-state index contributed by atoms with van der Waals surface area (Å²) < 4.78 is 9.99. The Morgan fingerprint density at radius 3 is 2.83 bits per heavy atom. The number of rotatable bonds is 5. The topological polar surface area (TPSA) is 41.5 Å². The van der Waals surface area contributed by atoms with E-state index in [1.165, 1.54) is 35.6 Å². The fourth-order valence-electron chi connectivity index (χ4n) is 2.97. The van der Waals surface area contributed by atoms with Crippen molar-refractivity contribution in [2.45, 2.75) is 25.3 Å². The van der Waals surface area contributed by atoms with E-state index in [9.17, 15) is 0 Å². The van der Waals surface area contributed by atoms with Gasteiger partial charge in [0.05, 0.1) is 13.2 Å². The van der Waals surface area contributed by atoms with Gasteiger partial charge in [0.1, 0.15) is 5.82 Å². The Morgan fingerprint density at radius 2 is 2.04 bits per heavy atom. The van der Waals surface area contributed by atoms with E-state index in [1.807, 2.05) is 0 Å². The van der Waals surface area contributed by atoms with Crippen LogP contribution in [0.15, 0.2) is 24.3 Å². The molecule has 1 saturated heterocycles. The molecule has 5 nitrogen and oxygen atoms in total. The number of hydrogen-bond donors (Lipinski definition) is 0. The van der Waals surface area contributed by atoms with Gasteiger partial charge in [0.15, 0.2) is 0 Å². The molecule has 0 spiro atoms. The molecule has 0 amide bonds. The zero-order valence-corrected chi connectivity index (χ0v) is 14.3. The third kappa shape index (κ3) is 3.33. The number of morpholine rings is 1. The van der Waals surface area contributed by atoms with Crippen LogP contribution in [-0.4, -0.2) is 42.7 Å². The van der Waals surface area contributed by atoms with Gasteiger partial charge in [0.25, 0.3) is 0 Å². The van der Waals surface area contributed by atoms with Crippen molar-refractivity contribution < 1.29 is 4.74 Å². The van der Waals surface area contributed by atoms with Crippen LogP contribution in [-0.2, 0) is 11.3 Å². The maximum atomic E-state index is 5.47. The Kier molecular flexibility index (Phi) is 4.18. The lowest BCUT2D eigenvalue weighted by Crippen LogP contribution is -2.37. The maximum absolute atomic E-state index is 5.47. The van der Waals surface area contributed by atoms with Gasteiger partial charge in [0, 0.05) is 49.8 Å². The zero-order chi connectivity index (χ0) is 15.6. The SMILES string of the molecule is CN(Cc1ccccc1N1CCOCC1)c1nc(C2CC2)ns1. The van der Waals surface area contributed by atoms with Crippen LogP contribution in [0.3, 0.4) is 0 Å². The van der Waals surface area contributed by atoms with Crippen LogP contribution in [0.2, 0.25) is 0 Å². The smallest absolute Gasteiger partial charge is 0.205 e. The molecule has 1 aliphatic carbocycles. The van der Waals surface area contributed by atoms with Gasteiger partial charge >= 0.3 is 0 Å². The highest BCUT2D eigenvalue weighted by atomic mass is 32.1. The number of hydrogen-bond acceptors (Lipinski definition) is 6. The third-order valence-corrected chi connectivity index (χ3v) is 5.30. The van der Waals surface area contributed by atoms with Crippen molar-refractivity contribution in [1.82, 2.24) is 9.36 Å². The van der Waals surface area contributed by atoms with Crippen LogP contribution >= 0.6 is 11.5 Å². The predicted molar refractivity (Wildman–Crippen MR) is 93.5 cm³/mol. The first-order chi connectivity index (χ1) is 11.3. The Morgan fingerprint density at radius 1 is 1.26 bits per heavy atom. The molecule has 122 valence electrons. The number of anilines is 2. The van der Waals surface area contributed by atoms with E-state index in [2.05, 4.69) is 45.5 Å². The molecule has 1 aliphatic heterocycles. The van der Waals surface area contributed by atoms with Gasteiger partial charge in [-0.15, -0.1) is 0 Å². The Bertz CT molecular complexity index is 664. The third-order valence-electron chi connectivity index (χ3n) is 4.45. The molecule has 23 heavy (non-hydrogen) atoms. The predicted octanol–water partition coefficient (Wildman–Crippen LogP) is 2.89. The minimum Gasteiger partial charge on any atom is -0.378 e. The van der Waals surface area contributed by atoms with Crippen LogP contribution < -0.4 is 9.80 Å². The molecule has 2 fully saturated rings. The first-order valence-corrected chi connectivity index (χ1v) is 9.04. The fourth-order valence-corrected chi connectivity index (χ4v) is 3.67. The number of para-hydroxylation sites is 1. The Hall–Kier alpha value is -1.66. The molecular formula is C17H22N4OS. The molecular weight excluding hydrogens is 308 g/mol. The van der Waals surface area contributed by atoms with Crippen molar-refractivity contribution in [3.8, 4) is 0 Å². The summed E-state index contributed by atoms with van der Waals surface area (Å²) >= 11 is 1.52. The highest BCUT2D eigenvalue weighted by Gasteiger charge is 2.28. The van der Waals surface area contributed by atoms with Crippen LogP contribution in [0.4, 0.5) is 10.8 Å². The molecule has 0 bridgehead atoms. The summed E-state index contributed by atoms with van der Waals surface area (Å²) in [7, 11) is 2.10. The van der Waals surface area contributed by atoms with Crippen LogP contribution in [0.1, 0.15) is 30.1 Å². The average molecular weight is 330 g/mol. The maximum Gasteiger partial charge on any atom is 0.205 e. The van der Waals surface area contributed by atoms with E-state index < -0.39 is 0 Å². The van der Waals surface area contributed by atoms with Gasteiger partial charge in [0.2, 0.25) is 5.13 Å². The molecule has 2 aromatic rings. The van der Waals surface area contributed by atoms with Gasteiger partial charge < -0.3 is 14.5 Å². The number of nitrogens with zero attached hydrogens (tertiary/aromatic N) is 4. The van der Waals surface area contributed by atoms with Crippen LogP contribution in [0.5, 0.6) is 0 Å². The van der Waals surface area contributed by atoms with E-state index in [0.29, 0.717) is 5.92 Å². The molecule has 1 aromatic heterocycles. The van der Waals surface area contributed by atoms with Gasteiger partial charge in [-0.3, -0.25) is 0 Å². The fraction of sp³-hybridized carbons (Fsp3) is 0.529. The summed E-state index contributed by atoms with van der Waals surface area (Å²) in [6.07, 6.45) is 2.50. The second-order valence-corrected chi connectivity index (χ2v) is 7.02. The summed E-state index contributed by atoms with van der Waals surface area (Å²) in [6.45, 7) is 4.40. The standard InChI is InChI=1S/C17H22N4OS/c1-20(17-18-16(19-23-17)13-6-7-13)12-14-4-2-3-5-15(14)21-8-10-22-11-9-21/h2-5,13H,6-12H2,1H3. The van der Waals surface area contributed by atoms with E-state index in [-0.39, 0.29) is 0 Å². The van der Waals surface area contributed by atoms with Gasteiger partial charge in [-0.2, -0.15) is 4.37 Å². The van der Waals surface area contributed by atoms with E-state index in [0.717, 1.165) is 43.8 Å². The summed E-state index contributed by atoms with van der Waals surface area (Å²) in [4.78, 5) is 9.34. The molecule has 1 saturated carbocycles. The van der Waals surface area contributed by atoms with E-state index in [4.69, 9.17) is 9.72 Å². The van der Waals surface area contributed by atoms with Crippen LogP contribution in [0.25, 0.3) is 0 Å². The lowest BCUT2D eigenvalue weighted by molar-refractivity contribution is 0.122. The van der Waals surface area contributed by atoms with Gasteiger partial charge in [-0.1, -0.05) is 18.2 Å². The Balaban J connectivity index is 1.50. The van der Waals surface area contributed by atoms with E-state index in [1.54, 1.807) is 0 Å². The minimum atomic E-state index is 0.619. The minimum absolute atomic E-state index is 0.619. The van der Waals surface area contributed by atoms with Crippen molar-refractivity contribution >= 4 is 22.4 Å². The lowest BCUT2D eigenvalue weighted by atomic mass is 10.1. The van der Waals surface area contributed by atoms with Crippen molar-refractivity contribution in [2.24, 2.45) is 0 Å². The zero-order valence-electron chi connectivity index (χ0n) is 13.4. The summed E-state index contributed by atoms with van der Waals surface area (Å²) in [5.41, 5.74) is 2.65. The Labute approximate surface area is 141 Å². The van der Waals surface area contributed by atoms with Gasteiger partial charge in [-0.25, -0.2) is 4.98 Å². The number of ether oxygens (including phenoxy) is 1. The second-order valence-electron chi connectivity index (χ2n) is 6.29. The monoisotopic (exact) mass is 330 g/mol. The first-order valence-electron chi connectivity index (χ1n) is 8.26. The molecule has 0 radical (unpaired) electrons. The molecule has 1 aromatic carbocycles. The van der Waals surface area contributed by atoms with Crippen LogP contribution in [0, 0.1) is 0 Å². The number of aromatic nitrogens is 2. The second kappa shape index (κ2) is 6.45. The molecule has 0 N–H and O–H groups in total. The summed E-state index contributed by atoms with van der Waals surface area (Å²) in [5, 5.41) is 1.02. The molecule has 2 aliphatic rings. The van der Waals surface area contributed by atoms with Crippen molar-refractivity contribution in [3.63, 3.8) is 0 Å². The normalized spacial score (nSPS) is 18.2. The molecule has 2 heterocycles. The van der Waals surface area contributed by atoms with Crippen molar-refractivity contribution in [2.75, 3.05) is 43.2 Å². The summed E-state index contributed by atoms with van der Waals surface area (Å²) in [6, 6.07) is 8.65. The van der Waals surface area contributed by atoms with Gasteiger partial charge in [-0.05, 0) is 24.5 Å². The lowest BCUT2D eigenvalue weighted by Gasteiger charge is -2.31. The average Bonchev–Trinajstić information content (AvgIpc) is 3.33. The first kappa shape index (κ1) is 14.9. The highest BCUT2D eigenvalue weighted by molar-refractivity contribution is 7.09. The largest absolute Gasteiger partial charge is 0.378 e. The molecule has 0 atom stereocenters. The van der Waals surface area contributed by atoms with Crippen molar-refractivity contribution in [3.05, 3.63) is 35.7 Å². The molecule has 0 unspecified atom stereocenters. The van der Waals surface area contributed by atoms with Crippen molar-refractivity contribution in [1.29, 1.82) is 0 Å². The highest BCUT2D eigenvalue weighted by Crippen LogP contribution is 2.39. The quantitative estimate of drug-likeness (QED) is 0.843. The number of benzene rings is 1. The summed E-state index contributed by atoms with van der Waals surface area (Å²) in [5.74, 6) is 1.66. The van der Waals surface area contributed by atoms with E-state index >= 15 is 0 Å². The molecule has 4 rings (SSSR count). The molecule has 6 heteroatoms.